The fraction of sp³-hybridized carbons (Fsp3) is 0.647. The number of rotatable bonds is 34. The number of carbonyl (C=O) groups is 9. The number of carboxylic acid groups (broad SMARTS) is 7. The number of nitrogens with one attached hydrogen (secondary N) is 4. The van der Waals surface area contributed by atoms with Gasteiger partial charge in [-0.15, -0.1) is 0 Å². The molecule has 0 aliphatic carbocycles. The second-order valence-corrected chi connectivity index (χ2v) is 19.9. The molecule has 11 N–H and O–H groups in total. The van der Waals surface area contributed by atoms with Gasteiger partial charge in [0.2, 0.25) is 17.8 Å². The highest BCUT2D eigenvalue weighted by Gasteiger charge is 2.29. The average molecular weight is 1120 g/mol. The zero-order valence-electron chi connectivity index (χ0n) is 44.6. The predicted octanol–water partition coefficient (Wildman–Crippen LogP) is 2.03. The topological polar surface area (TPSA) is 398 Å². The maximum absolute atomic E-state index is 12.6. The van der Waals surface area contributed by atoms with Crippen molar-refractivity contribution in [1.29, 1.82) is 0 Å². The standard InChI is InChI=1S/C51H78N12O16/c64-38(12-6-7-13-39(46(75)76)54-51(79)55-40(47(77)78)18-19-41(65)66)11-5-2-1-3-8-20-52-48-56-49(58-50(57-48)62-21-9-4-10-22-62)53-36-16-14-35(15-17-36)29-37-30-61(33-44(71)72)26-25-59(31-42(67)68)23-24-60(32-43(69)70)27-28-63(37)34-45(73)74/h14-17,37,39-40H,1-13,18-34H2,(H,65,66)(H,67,68)(H,69,70)(H,71,72)(H,73,74)(H,75,76)(H,77,78)(H2,54,55,79)(H2,52,53,56,57,58)/t37?,39-,40-/m0/s1. The van der Waals surface area contributed by atoms with Gasteiger partial charge in [0.15, 0.2) is 0 Å². The van der Waals surface area contributed by atoms with Crippen LogP contribution >= 0.6 is 0 Å². The highest BCUT2D eigenvalue weighted by molar-refractivity contribution is 5.86. The Balaban J connectivity index is 1.30. The summed E-state index contributed by atoms with van der Waals surface area (Å²) in [6, 6.07) is 3.00. The third-order valence-electron chi connectivity index (χ3n) is 13.5. The summed E-state index contributed by atoms with van der Waals surface area (Å²) in [5.41, 5.74) is 1.48. The molecule has 1 unspecified atom stereocenters. The number of Topliss-reactive ketones (excluding diaryl/α,β-unsaturated/α-hetero) is 1. The molecule has 0 bridgehead atoms. The van der Waals surface area contributed by atoms with Crippen LogP contribution < -0.4 is 26.2 Å². The Hall–Kier alpha value is -7.30. The number of ketones is 1. The molecular weight excluding hydrogens is 1040 g/mol. The molecule has 2 aromatic rings. The van der Waals surface area contributed by atoms with Crippen LogP contribution in [0.15, 0.2) is 24.3 Å². The molecule has 2 amide bonds. The molecule has 28 heteroatoms. The molecule has 0 spiro atoms. The zero-order chi connectivity index (χ0) is 57.7. The van der Waals surface area contributed by atoms with Crippen molar-refractivity contribution >= 4 is 77.1 Å². The van der Waals surface area contributed by atoms with E-state index in [9.17, 15) is 73.8 Å². The fourth-order valence-corrected chi connectivity index (χ4v) is 9.33. The molecule has 0 saturated carbocycles. The number of unbranched alkanes of at least 4 members (excludes halogenated alkanes) is 5. The van der Waals surface area contributed by atoms with Crippen LogP contribution in [0.4, 0.5) is 28.3 Å². The summed E-state index contributed by atoms with van der Waals surface area (Å²) >= 11 is 0. The van der Waals surface area contributed by atoms with E-state index in [4.69, 9.17) is 15.1 Å². The molecule has 3 atom stereocenters. The van der Waals surface area contributed by atoms with E-state index < -0.39 is 72.4 Å². The van der Waals surface area contributed by atoms with Crippen LogP contribution in [0.1, 0.15) is 102 Å². The van der Waals surface area contributed by atoms with Crippen LogP contribution in [0.2, 0.25) is 0 Å². The molecule has 1 aromatic heterocycles. The third kappa shape index (κ3) is 26.3. The Morgan fingerprint density at radius 1 is 0.519 bits per heavy atom. The third-order valence-corrected chi connectivity index (χ3v) is 13.5. The molecule has 0 radical (unpaired) electrons. The molecule has 79 heavy (non-hydrogen) atoms. The van der Waals surface area contributed by atoms with Gasteiger partial charge >= 0.3 is 47.8 Å². The van der Waals surface area contributed by atoms with E-state index >= 15 is 0 Å². The van der Waals surface area contributed by atoms with Gasteiger partial charge in [0, 0.05) is 96.4 Å². The number of hydrogen-bond acceptors (Lipinski definition) is 19. The van der Waals surface area contributed by atoms with Crippen LogP contribution in [0, 0.1) is 0 Å². The van der Waals surface area contributed by atoms with Crippen LogP contribution in [0.5, 0.6) is 0 Å². The summed E-state index contributed by atoms with van der Waals surface area (Å²) in [4.78, 5) is 129. The molecule has 2 saturated heterocycles. The van der Waals surface area contributed by atoms with E-state index in [1.54, 1.807) is 19.6 Å². The van der Waals surface area contributed by atoms with Crippen molar-refractivity contribution in [1.82, 2.24) is 45.2 Å². The Kier molecular flexibility index (Phi) is 28.1. The Labute approximate surface area is 457 Å². The number of nitrogens with zero attached hydrogens (tertiary/aromatic N) is 8. The lowest BCUT2D eigenvalue weighted by atomic mass is 10.0. The lowest BCUT2D eigenvalue weighted by Crippen LogP contribution is -2.53. The fourth-order valence-electron chi connectivity index (χ4n) is 9.33. The number of anilines is 4. The van der Waals surface area contributed by atoms with E-state index in [2.05, 4.69) is 31.2 Å². The minimum atomic E-state index is -1.51. The van der Waals surface area contributed by atoms with Gasteiger partial charge in [-0.3, -0.25) is 48.4 Å². The maximum Gasteiger partial charge on any atom is 0.326 e. The van der Waals surface area contributed by atoms with Gasteiger partial charge in [0.1, 0.15) is 17.9 Å². The van der Waals surface area contributed by atoms with E-state index in [0.29, 0.717) is 62.2 Å². The number of benzene rings is 1. The van der Waals surface area contributed by atoms with Gasteiger partial charge in [-0.25, -0.2) is 14.4 Å². The molecule has 1 aromatic carbocycles. The number of aliphatic carboxylic acids is 7. The SMILES string of the molecule is O=C(O)CC[C@H](NC(=O)N[C@@H](CCCCC(=O)CCCCCCCNc1nc(Nc2ccc(CC3CN(CC(=O)O)CCN(CC(=O)O)CCN(CC(=O)O)CCN3CC(=O)O)cc2)nc(N2CCCCC2)n1)C(=O)O)C(=O)O. The minimum absolute atomic E-state index is 0.0106. The molecule has 28 nitrogen and oxygen atoms in total. The van der Waals surface area contributed by atoms with Crippen LogP contribution in [0.25, 0.3) is 0 Å². The molecule has 3 heterocycles. The largest absolute Gasteiger partial charge is 0.481 e. The number of piperidine rings is 1. The van der Waals surface area contributed by atoms with Gasteiger partial charge in [0.25, 0.3) is 0 Å². The summed E-state index contributed by atoms with van der Waals surface area (Å²) in [6.45, 7) is 2.03. The maximum atomic E-state index is 12.6. The number of amides is 2. The Morgan fingerprint density at radius 3 is 1.62 bits per heavy atom. The van der Waals surface area contributed by atoms with Crippen molar-refractivity contribution in [3.63, 3.8) is 0 Å². The summed E-state index contributed by atoms with van der Waals surface area (Å²) in [5.74, 6) is -7.09. The highest BCUT2D eigenvalue weighted by Crippen LogP contribution is 2.23. The molecule has 4 rings (SSSR count). The lowest BCUT2D eigenvalue weighted by molar-refractivity contribution is -0.142. The first-order valence-electron chi connectivity index (χ1n) is 26.9. The second kappa shape index (κ2) is 34.6. The predicted molar refractivity (Wildman–Crippen MR) is 286 cm³/mol. The van der Waals surface area contributed by atoms with Crippen molar-refractivity contribution in [3.05, 3.63) is 29.8 Å². The van der Waals surface area contributed by atoms with Crippen molar-refractivity contribution in [2.75, 3.05) is 107 Å². The molecule has 2 fully saturated rings. The summed E-state index contributed by atoms with van der Waals surface area (Å²) < 4.78 is 0. The second-order valence-electron chi connectivity index (χ2n) is 19.9. The minimum Gasteiger partial charge on any atom is -0.481 e. The van der Waals surface area contributed by atoms with Crippen molar-refractivity contribution < 1.29 is 78.9 Å². The van der Waals surface area contributed by atoms with Gasteiger partial charge in [-0.05, 0) is 75.5 Å². The quantitative estimate of drug-likeness (QED) is 0.0447. The monoisotopic (exact) mass is 1110 g/mol. The first kappa shape index (κ1) is 64.2. The zero-order valence-corrected chi connectivity index (χ0v) is 44.6. The summed E-state index contributed by atoms with van der Waals surface area (Å²) in [7, 11) is 0. The van der Waals surface area contributed by atoms with E-state index in [1.165, 1.54) is 0 Å². The Bertz CT molecular complexity index is 2330. The highest BCUT2D eigenvalue weighted by atomic mass is 16.4. The first-order chi connectivity index (χ1) is 37.7. The van der Waals surface area contributed by atoms with Crippen LogP contribution in [0.3, 0.4) is 0 Å². The molecule has 2 aliphatic rings. The van der Waals surface area contributed by atoms with E-state index in [0.717, 1.165) is 63.6 Å². The van der Waals surface area contributed by atoms with E-state index in [-0.39, 0.29) is 97.0 Å². The van der Waals surface area contributed by atoms with Gasteiger partial charge in [0.05, 0.1) is 26.2 Å². The smallest absolute Gasteiger partial charge is 0.326 e. The number of carboxylic acids is 7. The lowest BCUT2D eigenvalue weighted by Gasteiger charge is -2.37. The van der Waals surface area contributed by atoms with Crippen LogP contribution in [-0.4, -0.2) is 234 Å². The van der Waals surface area contributed by atoms with Crippen molar-refractivity contribution in [2.45, 2.75) is 121 Å². The number of hydrogen-bond donors (Lipinski definition) is 11. The molecule has 438 valence electrons. The van der Waals surface area contributed by atoms with E-state index in [1.807, 2.05) is 24.3 Å². The molecule has 2 aliphatic heterocycles. The van der Waals surface area contributed by atoms with Crippen molar-refractivity contribution in [2.24, 2.45) is 0 Å². The number of carbonyl (C=O) groups excluding carboxylic acids is 2. The number of urea groups is 1. The first-order valence-corrected chi connectivity index (χ1v) is 26.9. The molecular formula is C51H78N12O16. The summed E-state index contributed by atoms with van der Waals surface area (Å²) in [5, 5.41) is 77.5. The van der Waals surface area contributed by atoms with Gasteiger partial charge in [-0.2, -0.15) is 15.0 Å². The summed E-state index contributed by atoms with van der Waals surface area (Å²) in [6.07, 6.45) is 8.01. The van der Waals surface area contributed by atoms with Gasteiger partial charge in [-0.1, -0.05) is 37.8 Å². The number of aromatic nitrogens is 3. The average Bonchev–Trinajstić information content (AvgIpc) is 3.42. The normalized spacial score (nSPS) is 17.0. The van der Waals surface area contributed by atoms with Crippen molar-refractivity contribution in [3.8, 4) is 0 Å². The Morgan fingerprint density at radius 2 is 1.04 bits per heavy atom. The van der Waals surface area contributed by atoms with Crippen LogP contribution in [-0.2, 0) is 44.8 Å². The van der Waals surface area contributed by atoms with Gasteiger partial charge < -0.3 is 61.9 Å².